The maximum absolute atomic E-state index is 5.74. The Hall–Kier alpha value is -1.27. The maximum Gasteiger partial charge on any atom is 0.224 e. The van der Waals surface area contributed by atoms with E-state index >= 15 is 0 Å². The predicted molar refractivity (Wildman–Crippen MR) is 75.0 cm³/mol. The van der Waals surface area contributed by atoms with Gasteiger partial charge in [-0.2, -0.15) is 9.97 Å². The molecule has 1 aliphatic heterocycles. The molecule has 6 heteroatoms. The largest absolute Gasteiger partial charge is 0.368 e. The normalized spacial score (nSPS) is 17.7. The van der Waals surface area contributed by atoms with Gasteiger partial charge < -0.3 is 5.73 Å². The standard InChI is InChI=1S/C12H12N4S2/c1-17-12-15-10(14-11(13)16-12)8-6-18-9-5-3-2-4-7(8)9/h2-5,8H,6H2,1H3,(H2,13,14,15,16). The molecule has 0 saturated carbocycles. The molecule has 1 aliphatic rings. The average Bonchev–Trinajstić information content (AvgIpc) is 2.81. The van der Waals surface area contributed by atoms with Crippen LogP contribution in [0.25, 0.3) is 0 Å². The van der Waals surface area contributed by atoms with Crippen molar-refractivity contribution in [3.05, 3.63) is 35.7 Å². The zero-order chi connectivity index (χ0) is 12.5. The summed E-state index contributed by atoms with van der Waals surface area (Å²) in [4.78, 5) is 14.2. The number of anilines is 1. The zero-order valence-electron chi connectivity index (χ0n) is 9.83. The van der Waals surface area contributed by atoms with Crippen molar-refractivity contribution < 1.29 is 0 Å². The molecule has 0 aliphatic carbocycles. The van der Waals surface area contributed by atoms with Crippen molar-refractivity contribution in [1.29, 1.82) is 0 Å². The second-order valence-corrected chi connectivity index (χ2v) is 5.78. The highest BCUT2D eigenvalue weighted by atomic mass is 32.2. The van der Waals surface area contributed by atoms with Crippen LogP contribution in [-0.4, -0.2) is 27.0 Å². The first-order valence-corrected chi connectivity index (χ1v) is 7.76. The van der Waals surface area contributed by atoms with Gasteiger partial charge >= 0.3 is 0 Å². The first kappa shape index (κ1) is 11.8. The van der Waals surface area contributed by atoms with Gasteiger partial charge in [0.2, 0.25) is 5.95 Å². The molecule has 3 rings (SSSR count). The van der Waals surface area contributed by atoms with Crippen LogP contribution in [0.2, 0.25) is 0 Å². The molecule has 1 unspecified atom stereocenters. The Morgan fingerprint density at radius 3 is 2.94 bits per heavy atom. The van der Waals surface area contributed by atoms with Gasteiger partial charge in [-0.15, -0.1) is 11.8 Å². The van der Waals surface area contributed by atoms with Gasteiger partial charge in [-0.25, -0.2) is 4.98 Å². The van der Waals surface area contributed by atoms with Crippen molar-refractivity contribution in [1.82, 2.24) is 15.0 Å². The van der Waals surface area contributed by atoms with Crippen molar-refractivity contribution in [3.8, 4) is 0 Å². The molecule has 1 aromatic heterocycles. The van der Waals surface area contributed by atoms with Crippen molar-refractivity contribution in [2.45, 2.75) is 16.0 Å². The highest BCUT2D eigenvalue weighted by Crippen LogP contribution is 2.41. The fraction of sp³-hybridized carbons (Fsp3) is 0.250. The Morgan fingerprint density at radius 2 is 2.11 bits per heavy atom. The molecule has 2 heterocycles. The van der Waals surface area contributed by atoms with Gasteiger partial charge in [0, 0.05) is 10.6 Å². The highest BCUT2D eigenvalue weighted by molar-refractivity contribution is 7.99. The van der Waals surface area contributed by atoms with Crippen LogP contribution in [0.1, 0.15) is 17.3 Å². The van der Waals surface area contributed by atoms with Gasteiger partial charge in [0.15, 0.2) is 5.16 Å². The van der Waals surface area contributed by atoms with E-state index in [2.05, 4.69) is 39.2 Å². The van der Waals surface area contributed by atoms with Gasteiger partial charge in [0.05, 0.1) is 5.92 Å². The van der Waals surface area contributed by atoms with Gasteiger partial charge in [-0.3, -0.25) is 0 Å². The predicted octanol–water partition coefficient (Wildman–Crippen LogP) is 2.41. The topological polar surface area (TPSA) is 64.7 Å². The number of thioether (sulfide) groups is 2. The number of benzene rings is 1. The van der Waals surface area contributed by atoms with Crippen LogP contribution in [0, 0.1) is 0 Å². The molecule has 2 N–H and O–H groups in total. The van der Waals surface area contributed by atoms with Crippen LogP contribution in [0.4, 0.5) is 5.95 Å². The van der Waals surface area contributed by atoms with E-state index in [0.717, 1.165) is 11.6 Å². The second kappa shape index (κ2) is 4.78. The number of fused-ring (bicyclic) bond motifs is 1. The molecule has 18 heavy (non-hydrogen) atoms. The fourth-order valence-corrected chi connectivity index (χ4v) is 3.61. The molecule has 0 bridgehead atoms. The van der Waals surface area contributed by atoms with Crippen LogP contribution >= 0.6 is 23.5 Å². The van der Waals surface area contributed by atoms with Gasteiger partial charge in [-0.05, 0) is 17.9 Å². The van der Waals surface area contributed by atoms with Crippen LogP contribution in [0.15, 0.2) is 34.3 Å². The average molecular weight is 276 g/mol. The summed E-state index contributed by atoms with van der Waals surface area (Å²) in [5.74, 6) is 2.28. The Morgan fingerprint density at radius 1 is 1.28 bits per heavy atom. The molecule has 0 spiro atoms. The zero-order valence-corrected chi connectivity index (χ0v) is 11.5. The minimum absolute atomic E-state index is 0.224. The lowest BCUT2D eigenvalue weighted by atomic mass is 10.0. The number of hydrogen-bond acceptors (Lipinski definition) is 6. The summed E-state index contributed by atoms with van der Waals surface area (Å²) in [6.45, 7) is 0. The molecular formula is C12H12N4S2. The van der Waals surface area contributed by atoms with Crippen LogP contribution < -0.4 is 5.73 Å². The smallest absolute Gasteiger partial charge is 0.224 e. The molecule has 1 atom stereocenters. The quantitative estimate of drug-likeness (QED) is 0.850. The fourth-order valence-electron chi connectivity index (χ4n) is 2.01. The number of aromatic nitrogens is 3. The van der Waals surface area contributed by atoms with Crippen molar-refractivity contribution in [3.63, 3.8) is 0 Å². The summed E-state index contributed by atoms with van der Waals surface area (Å²) in [6, 6.07) is 8.39. The minimum Gasteiger partial charge on any atom is -0.368 e. The van der Waals surface area contributed by atoms with E-state index in [4.69, 9.17) is 5.73 Å². The summed E-state index contributed by atoms with van der Waals surface area (Å²) in [7, 11) is 0. The van der Waals surface area contributed by atoms with E-state index in [1.807, 2.05) is 18.0 Å². The van der Waals surface area contributed by atoms with Gasteiger partial charge in [0.25, 0.3) is 0 Å². The SMILES string of the molecule is CSc1nc(N)nc(C2CSc3ccccc32)n1. The van der Waals surface area contributed by atoms with Crippen molar-refractivity contribution in [2.24, 2.45) is 0 Å². The second-order valence-electron chi connectivity index (χ2n) is 3.94. The Kier molecular flexibility index (Phi) is 3.13. The molecule has 92 valence electrons. The first-order valence-electron chi connectivity index (χ1n) is 5.55. The lowest BCUT2D eigenvalue weighted by molar-refractivity contribution is 0.766. The number of rotatable bonds is 2. The highest BCUT2D eigenvalue weighted by Gasteiger charge is 2.27. The Balaban J connectivity index is 2.04. The van der Waals surface area contributed by atoms with Crippen molar-refractivity contribution >= 4 is 29.5 Å². The van der Waals surface area contributed by atoms with E-state index in [1.54, 1.807) is 0 Å². The number of nitrogen functional groups attached to an aromatic ring is 1. The van der Waals surface area contributed by atoms with Crippen LogP contribution in [-0.2, 0) is 0 Å². The van der Waals surface area contributed by atoms with Crippen LogP contribution in [0.3, 0.4) is 0 Å². The van der Waals surface area contributed by atoms with Gasteiger partial charge in [-0.1, -0.05) is 30.0 Å². The first-order chi connectivity index (χ1) is 8.78. The summed E-state index contributed by atoms with van der Waals surface area (Å²) in [5, 5.41) is 0.687. The molecule has 0 amide bonds. The third kappa shape index (κ3) is 2.06. The lowest BCUT2D eigenvalue weighted by Gasteiger charge is -2.10. The summed E-state index contributed by atoms with van der Waals surface area (Å²) >= 11 is 3.33. The van der Waals surface area contributed by atoms with E-state index < -0.39 is 0 Å². The molecule has 0 fully saturated rings. The molecular weight excluding hydrogens is 264 g/mol. The van der Waals surface area contributed by atoms with E-state index in [9.17, 15) is 0 Å². The molecule has 2 aromatic rings. The van der Waals surface area contributed by atoms with Crippen molar-refractivity contribution in [2.75, 3.05) is 17.7 Å². The third-order valence-electron chi connectivity index (χ3n) is 2.84. The number of nitrogens with zero attached hydrogens (tertiary/aromatic N) is 3. The molecule has 1 aromatic carbocycles. The lowest BCUT2D eigenvalue weighted by Crippen LogP contribution is -2.10. The minimum atomic E-state index is 0.224. The summed E-state index contributed by atoms with van der Waals surface area (Å²) < 4.78 is 0. The molecule has 0 saturated heterocycles. The van der Waals surface area contributed by atoms with E-state index in [1.165, 1.54) is 22.2 Å². The Labute approximate surface area is 114 Å². The number of nitrogens with two attached hydrogens (primary N) is 1. The molecule has 4 nitrogen and oxygen atoms in total. The van der Waals surface area contributed by atoms with E-state index in [0.29, 0.717) is 11.1 Å². The monoisotopic (exact) mass is 276 g/mol. The summed E-state index contributed by atoms with van der Waals surface area (Å²) in [6.07, 6.45) is 1.94. The Bertz CT molecular complexity index is 588. The summed E-state index contributed by atoms with van der Waals surface area (Å²) in [5.41, 5.74) is 7.03. The van der Waals surface area contributed by atoms with E-state index in [-0.39, 0.29) is 5.92 Å². The third-order valence-corrected chi connectivity index (χ3v) is 4.57. The number of hydrogen-bond donors (Lipinski definition) is 1. The van der Waals surface area contributed by atoms with Gasteiger partial charge in [0.1, 0.15) is 5.82 Å². The van der Waals surface area contributed by atoms with Crippen LogP contribution in [0.5, 0.6) is 0 Å². The molecule has 0 radical (unpaired) electrons. The maximum atomic E-state index is 5.74.